The number of piperazine rings is 1. The lowest BCUT2D eigenvalue weighted by atomic mass is 10.4. The topological polar surface area (TPSA) is 24.5 Å². The Bertz CT molecular complexity index is 68.7. The third-order valence-electron chi connectivity index (χ3n) is 1.33. The van der Waals surface area contributed by atoms with Crippen LogP contribution < -0.4 is 5.32 Å². The standard InChI is InChI=1S/C6H13N2O/c1-2-9-8-5-3-7-4-6-8/h2,7H,3-6H2,1H3. The van der Waals surface area contributed by atoms with Gasteiger partial charge in [0.2, 0.25) is 0 Å². The molecule has 0 aliphatic carbocycles. The molecule has 1 saturated heterocycles. The fourth-order valence-electron chi connectivity index (χ4n) is 0.899. The first-order chi connectivity index (χ1) is 4.43. The lowest BCUT2D eigenvalue weighted by molar-refractivity contribution is -0.130. The van der Waals surface area contributed by atoms with Crippen LogP contribution in [0.25, 0.3) is 0 Å². The maximum Gasteiger partial charge on any atom is 0.104 e. The summed E-state index contributed by atoms with van der Waals surface area (Å²) in [5, 5.41) is 5.19. The molecule has 1 aliphatic rings. The van der Waals surface area contributed by atoms with Crippen LogP contribution in [-0.2, 0) is 4.84 Å². The molecule has 1 fully saturated rings. The fraction of sp³-hybridized carbons (Fsp3) is 0.833. The van der Waals surface area contributed by atoms with Gasteiger partial charge in [0.25, 0.3) is 0 Å². The van der Waals surface area contributed by atoms with Crippen molar-refractivity contribution >= 4 is 0 Å². The highest BCUT2D eigenvalue weighted by Crippen LogP contribution is 1.93. The van der Waals surface area contributed by atoms with Gasteiger partial charge in [-0.15, -0.1) is 0 Å². The summed E-state index contributed by atoms with van der Waals surface area (Å²) in [5.41, 5.74) is 0. The number of hydroxylamine groups is 2. The molecule has 1 rings (SSSR count). The number of hydrogen-bond acceptors (Lipinski definition) is 3. The van der Waals surface area contributed by atoms with Crippen LogP contribution in [0.4, 0.5) is 0 Å². The molecular formula is C6H13N2O. The van der Waals surface area contributed by atoms with E-state index in [0.717, 1.165) is 26.2 Å². The lowest BCUT2D eigenvalue weighted by Crippen LogP contribution is -2.42. The molecule has 0 saturated carbocycles. The van der Waals surface area contributed by atoms with Gasteiger partial charge in [0.15, 0.2) is 0 Å². The molecule has 9 heavy (non-hydrogen) atoms. The van der Waals surface area contributed by atoms with Crippen LogP contribution in [0.1, 0.15) is 6.92 Å². The number of nitrogens with zero attached hydrogens (tertiary/aromatic N) is 1. The highest BCUT2D eigenvalue weighted by Gasteiger charge is 2.07. The molecule has 0 amide bonds. The second kappa shape index (κ2) is 3.82. The second-order valence-electron chi connectivity index (χ2n) is 2.02. The van der Waals surface area contributed by atoms with Crippen molar-refractivity contribution in [2.45, 2.75) is 6.92 Å². The van der Waals surface area contributed by atoms with Crippen molar-refractivity contribution in [3.05, 3.63) is 6.61 Å². The quantitative estimate of drug-likeness (QED) is 0.568. The summed E-state index contributed by atoms with van der Waals surface area (Å²) in [6.45, 7) is 7.66. The highest BCUT2D eigenvalue weighted by atomic mass is 16.7. The van der Waals surface area contributed by atoms with Gasteiger partial charge in [-0.05, 0) is 6.92 Å². The van der Waals surface area contributed by atoms with Gasteiger partial charge in [-0.2, -0.15) is 5.06 Å². The van der Waals surface area contributed by atoms with Gasteiger partial charge < -0.3 is 5.32 Å². The third kappa shape index (κ3) is 2.30. The van der Waals surface area contributed by atoms with Crippen molar-refractivity contribution in [2.24, 2.45) is 0 Å². The van der Waals surface area contributed by atoms with Gasteiger partial charge in [-0.3, -0.25) is 4.84 Å². The maximum absolute atomic E-state index is 5.15. The SMILES string of the molecule is C[CH]ON1CCNCC1. The largest absolute Gasteiger partial charge is 0.314 e. The lowest BCUT2D eigenvalue weighted by Gasteiger charge is -2.25. The Morgan fingerprint density at radius 3 is 2.67 bits per heavy atom. The molecule has 1 radical (unpaired) electrons. The van der Waals surface area contributed by atoms with E-state index in [1.54, 1.807) is 6.61 Å². The van der Waals surface area contributed by atoms with Crippen molar-refractivity contribution < 1.29 is 4.84 Å². The Morgan fingerprint density at radius 2 is 2.11 bits per heavy atom. The van der Waals surface area contributed by atoms with Crippen molar-refractivity contribution in [3.63, 3.8) is 0 Å². The van der Waals surface area contributed by atoms with E-state index < -0.39 is 0 Å². The minimum Gasteiger partial charge on any atom is -0.314 e. The molecule has 53 valence electrons. The zero-order chi connectivity index (χ0) is 6.53. The number of hydrogen-bond donors (Lipinski definition) is 1. The summed E-state index contributed by atoms with van der Waals surface area (Å²) >= 11 is 0. The van der Waals surface area contributed by atoms with Crippen LogP contribution in [0.5, 0.6) is 0 Å². The molecule has 3 nitrogen and oxygen atoms in total. The summed E-state index contributed by atoms with van der Waals surface area (Å²) in [6.07, 6.45) is 0. The summed E-state index contributed by atoms with van der Waals surface area (Å²) in [7, 11) is 0. The van der Waals surface area contributed by atoms with Crippen LogP contribution in [0.15, 0.2) is 0 Å². The van der Waals surface area contributed by atoms with E-state index in [1.807, 2.05) is 12.0 Å². The maximum atomic E-state index is 5.15. The monoisotopic (exact) mass is 129 g/mol. The predicted octanol–water partition coefficient (Wildman–Crippen LogP) is 0.00489. The van der Waals surface area contributed by atoms with Crippen molar-refractivity contribution in [2.75, 3.05) is 26.2 Å². The fourth-order valence-corrected chi connectivity index (χ4v) is 0.899. The van der Waals surface area contributed by atoms with Gasteiger partial charge in [-0.1, -0.05) is 0 Å². The Balaban J connectivity index is 2.08. The summed E-state index contributed by atoms with van der Waals surface area (Å²) in [4.78, 5) is 5.15. The minimum atomic E-state index is 0.990. The molecule has 0 spiro atoms. The molecule has 0 aromatic heterocycles. The minimum absolute atomic E-state index is 0.990. The molecule has 0 unspecified atom stereocenters. The highest BCUT2D eigenvalue weighted by molar-refractivity contribution is 4.60. The molecule has 1 aliphatic heterocycles. The second-order valence-corrected chi connectivity index (χ2v) is 2.02. The van der Waals surface area contributed by atoms with Gasteiger partial charge in [0.05, 0.1) is 0 Å². The van der Waals surface area contributed by atoms with E-state index >= 15 is 0 Å². The van der Waals surface area contributed by atoms with E-state index in [0.29, 0.717) is 0 Å². The van der Waals surface area contributed by atoms with Crippen LogP contribution in [0, 0.1) is 6.61 Å². The summed E-state index contributed by atoms with van der Waals surface area (Å²) in [5.74, 6) is 0. The van der Waals surface area contributed by atoms with Crippen LogP contribution in [-0.4, -0.2) is 31.2 Å². The van der Waals surface area contributed by atoms with E-state index in [1.165, 1.54) is 0 Å². The zero-order valence-electron chi connectivity index (χ0n) is 5.76. The van der Waals surface area contributed by atoms with E-state index in [2.05, 4.69) is 5.32 Å². The molecule has 0 aromatic carbocycles. The van der Waals surface area contributed by atoms with Crippen LogP contribution >= 0.6 is 0 Å². The van der Waals surface area contributed by atoms with Crippen molar-refractivity contribution in [1.82, 2.24) is 10.4 Å². The summed E-state index contributed by atoms with van der Waals surface area (Å²) < 4.78 is 0. The predicted molar refractivity (Wildman–Crippen MR) is 35.5 cm³/mol. The first-order valence-corrected chi connectivity index (χ1v) is 3.34. The van der Waals surface area contributed by atoms with E-state index in [9.17, 15) is 0 Å². The van der Waals surface area contributed by atoms with Gasteiger partial charge in [0, 0.05) is 26.2 Å². The number of nitrogens with one attached hydrogen (secondary N) is 1. The average Bonchev–Trinajstić information content (AvgIpc) is 1.91. The molecule has 3 heteroatoms. The van der Waals surface area contributed by atoms with Gasteiger partial charge in [-0.25, -0.2) is 0 Å². The van der Waals surface area contributed by atoms with Gasteiger partial charge >= 0.3 is 0 Å². The molecule has 0 atom stereocenters. The number of rotatable bonds is 2. The summed E-state index contributed by atoms with van der Waals surface area (Å²) in [6, 6.07) is 0. The zero-order valence-corrected chi connectivity index (χ0v) is 5.76. The van der Waals surface area contributed by atoms with E-state index in [-0.39, 0.29) is 0 Å². The molecule has 0 bridgehead atoms. The third-order valence-corrected chi connectivity index (χ3v) is 1.33. The van der Waals surface area contributed by atoms with E-state index in [4.69, 9.17) is 4.84 Å². The molecule has 0 aromatic rings. The molecule has 1 N–H and O–H groups in total. The van der Waals surface area contributed by atoms with Gasteiger partial charge in [0.1, 0.15) is 6.61 Å². The first kappa shape index (κ1) is 6.99. The normalized spacial score (nSPS) is 22.3. The first-order valence-electron chi connectivity index (χ1n) is 3.34. The Labute approximate surface area is 55.9 Å². The van der Waals surface area contributed by atoms with Crippen molar-refractivity contribution in [1.29, 1.82) is 0 Å². The van der Waals surface area contributed by atoms with Crippen molar-refractivity contribution in [3.8, 4) is 0 Å². The van der Waals surface area contributed by atoms with Crippen LogP contribution in [0.3, 0.4) is 0 Å². The average molecular weight is 129 g/mol. The Kier molecular flexibility index (Phi) is 2.97. The Morgan fingerprint density at radius 1 is 1.44 bits per heavy atom. The molecule has 1 heterocycles. The smallest absolute Gasteiger partial charge is 0.104 e. The van der Waals surface area contributed by atoms with Crippen LogP contribution in [0.2, 0.25) is 0 Å². The Hall–Kier alpha value is -0.120. The molecular weight excluding hydrogens is 116 g/mol.